The van der Waals surface area contributed by atoms with Crippen LogP contribution in [-0.4, -0.2) is 31.6 Å². The molecule has 0 aliphatic carbocycles. The molecule has 0 radical (unpaired) electrons. The molecule has 23 heavy (non-hydrogen) atoms. The summed E-state index contributed by atoms with van der Waals surface area (Å²) in [5.41, 5.74) is 1.14. The predicted molar refractivity (Wildman–Crippen MR) is 94.2 cm³/mol. The molecule has 2 heterocycles. The molecular weight excluding hydrogens is 312 g/mol. The largest absolute Gasteiger partial charge is 0.496 e. The molecule has 2 aliphatic rings. The lowest BCUT2D eigenvalue weighted by atomic mass is 9.89. The Morgan fingerprint density at radius 1 is 1.26 bits per heavy atom. The SMILES string of the molecule is COc1ccccc1CCNC(=O)CC1CC2CCC(C1)N2.Cl. The molecule has 1 amide bonds. The fraction of sp³-hybridized carbons (Fsp3) is 0.611. The Bertz CT molecular complexity index is 511. The Morgan fingerprint density at radius 3 is 2.65 bits per heavy atom. The van der Waals surface area contributed by atoms with E-state index in [-0.39, 0.29) is 18.3 Å². The number of hydrogen-bond donors (Lipinski definition) is 2. The van der Waals surface area contributed by atoms with Crippen molar-refractivity contribution in [3.05, 3.63) is 29.8 Å². The minimum Gasteiger partial charge on any atom is -0.496 e. The predicted octanol–water partition coefficient (Wildman–Crippen LogP) is 2.70. The molecule has 128 valence electrons. The maximum atomic E-state index is 12.1. The number of methoxy groups -OCH3 is 1. The van der Waals surface area contributed by atoms with Crippen LogP contribution in [0.4, 0.5) is 0 Å². The van der Waals surface area contributed by atoms with Crippen molar-refractivity contribution in [2.24, 2.45) is 5.92 Å². The summed E-state index contributed by atoms with van der Waals surface area (Å²) in [6.07, 6.45) is 6.40. The van der Waals surface area contributed by atoms with Crippen molar-refractivity contribution >= 4 is 18.3 Å². The summed E-state index contributed by atoms with van der Waals surface area (Å²) in [6, 6.07) is 9.30. The van der Waals surface area contributed by atoms with Crippen LogP contribution in [0.15, 0.2) is 24.3 Å². The van der Waals surface area contributed by atoms with Crippen LogP contribution in [-0.2, 0) is 11.2 Å². The number of hydrogen-bond acceptors (Lipinski definition) is 3. The van der Waals surface area contributed by atoms with Gasteiger partial charge in [0.15, 0.2) is 0 Å². The highest BCUT2D eigenvalue weighted by molar-refractivity contribution is 5.85. The van der Waals surface area contributed by atoms with E-state index in [1.54, 1.807) is 7.11 Å². The monoisotopic (exact) mass is 338 g/mol. The highest BCUT2D eigenvalue weighted by Gasteiger charge is 2.34. The number of carbonyl (C=O) groups is 1. The number of para-hydroxylation sites is 1. The quantitative estimate of drug-likeness (QED) is 0.838. The lowest BCUT2D eigenvalue weighted by Crippen LogP contribution is -2.39. The molecule has 0 aromatic heterocycles. The summed E-state index contributed by atoms with van der Waals surface area (Å²) >= 11 is 0. The van der Waals surface area contributed by atoms with E-state index >= 15 is 0 Å². The van der Waals surface area contributed by atoms with Crippen LogP contribution in [0.25, 0.3) is 0 Å². The van der Waals surface area contributed by atoms with Gasteiger partial charge in [-0.05, 0) is 49.7 Å². The van der Waals surface area contributed by atoms with Gasteiger partial charge in [0.05, 0.1) is 7.11 Å². The van der Waals surface area contributed by atoms with E-state index in [0.717, 1.165) is 30.6 Å². The van der Waals surface area contributed by atoms with Gasteiger partial charge in [-0.1, -0.05) is 18.2 Å². The zero-order valence-corrected chi connectivity index (χ0v) is 14.5. The topological polar surface area (TPSA) is 50.4 Å². The van der Waals surface area contributed by atoms with Gasteiger partial charge in [0, 0.05) is 25.0 Å². The Hall–Kier alpha value is -1.26. The number of carbonyl (C=O) groups excluding carboxylic acids is 1. The number of fused-ring (bicyclic) bond motifs is 2. The van der Waals surface area contributed by atoms with Gasteiger partial charge in [-0.15, -0.1) is 12.4 Å². The minimum absolute atomic E-state index is 0. The molecule has 2 bridgehead atoms. The third kappa shape index (κ3) is 4.85. The molecule has 1 aromatic carbocycles. The first-order valence-electron chi connectivity index (χ1n) is 8.39. The summed E-state index contributed by atoms with van der Waals surface area (Å²) in [6.45, 7) is 0.678. The maximum Gasteiger partial charge on any atom is 0.220 e. The first-order valence-corrected chi connectivity index (χ1v) is 8.39. The van der Waals surface area contributed by atoms with Gasteiger partial charge in [-0.3, -0.25) is 4.79 Å². The molecule has 2 atom stereocenters. The number of halogens is 1. The van der Waals surface area contributed by atoms with Crippen molar-refractivity contribution in [2.75, 3.05) is 13.7 Å². The van der Waals surface area contributed by atoms with E-state index in [1.165, 1.54) is 12.8 Å². The van der Waals surface area contributed by atoms with E-state index in [1.807, 2.05) is 18.2 Å². The smallest absolute Gasteiger partial charge is 0.220 e. The number of amides is 1. The first kappa shape index (κ1) is 18.1. The van der Waals surface area contributed by atoms with E-state index < -0.39 is 0 Å². The van der Waals surface area contributed by atoms with Gasteiger partial charge < -0.3 is 15.4 Å². The van der Waals surface area contributed by atoms with Crippen LogP contribution in [0, 0.1) is 5.92 Å². The highest BCUT2D eigenvalue weighted by Crippen LogP contribution is 2.32. The molecule has 2 N–H and O–H groups in total. The van der Waals surface area contributed by atoms with Gasteiger partial charge in [0.25, 0.3) is 0 Å². The zero-order chi connectivity index (χ0) is 15.4. The standard InChI is InChI=1S/C18H26N2O2.ClH/c1-22-17-5-3-2-4-14(17)8-9-19-18(21)12-13-10-15-6-7-16(11-13)20-15;/h2-5,13,15-16,20H,6-12H2,1H3,(H,19,21);1H. The number of piperidine rings is 1. The Morgan fingerprint density at radius 2 is 1.96 bits per heavy atom. The fourth-order valence-corrected chi connectivity index (χ4v) is 3.92. The number of ether oxygens (including phenoxy) is 1. The Kier molecular flexibility index (Phi) is 6.72. The van der Waals surface area contributed by atoms with Crippen LogP contribution >= 0.6 is 12.4 Å². The number of nitrogens with one attached hydrogen (secondary N) is 2. The summed E-state index contributed by atoms with van der Waals surface area (Å²) in [7, 11) is 1.68. The molecule has 0 spiro atoms. The maximum absolute atomic E-state index is 12.1. The third-order valence-electron chi connectivity index (χ3n) is 4.95. The molecule has 5 heteroatoms. The molecule has 0 saturated carbocycles. The first-order chi connectivity index (χ1) is 10.7. The molecular formula is C18H27ClN2O2. The van der Waals surface area contributed by atoms with Crippen LogP contribution in [0.5, 0.6) is 5.75 Å². The van der Waals surface area contributed by atoms with Gasteiger partial charge >= 0.3 is 0 Å². The molecule has 2 fully saturated rings. The second kappa shape index (κ2) is 8.55. The van der Waals surface area contributed by atoms with Gasteiger partial charge in [-0.25, -0.2) is 0 Å². The van der Waals surface area contributed by atoms with E-state index in [4.69, 9.17) is 4.74 Å². The Balaban J connectivity index is 0.00000192. The van der Waals surface area contributed by atoms with Crippen LogP contribution in [0.1, 0.15) is 37.7 Å². The number of rotatable bonds is 6. The summed E-state index contributed by atoms with van der Waals surface area (Å²) in [5, 5.41) is 6.69. The molecule has 1 aromatic rings. The second-order valence-electron chi connectivity index (χ2n) is 6.59. The molecule has 2 aliphatic heterocycles. The van der Waals surface area contributed by atoms with Crippen molar-refractivity contribution in [3.8, 4) is 5.75 Å². The Labute approximate surface area is 144 Å². The summed E-state index contributed by atoms with van der Waals surface area (Å²) in [4.78, 5) is 12.1. The lowest BCUT2D eigenvalue weighted by molar-refractivity contribution is -0.122. The van der Waals surface area contributed by atoms with Gasteiger partial charge in [0.1, 0.15) is 5.75 Å². The normalized spacial score (nSPS) is 25.5. The summed E-state index contributed by atoms with van der Waals surface area (Å²) < 4.78 is 5.34. The van der Waals surface area contributed by atoms with Crippen molar-refractivity contribution in [1.82, 2.24) is 10.6 Å². The van der Waals surface area contributed by atoms with Crippen molar-refractivity contribution in [3.63, 3.8) is 0 Å². The van der Waals surface area contributed by atoms with Gasteiger partial charge in [0.2, 0.25) is 5.91 Å². The van der Waals surface area contributed by atoms with Gasteiger partial charge in [-0.2, -0.15) is 0 Å². The average Bonchev–Trinajstić information content (AvgIpc) is 2.86. The van der Waals surface area contributed by atoms with Crippen molar-refractivity contribution in [2.45, 2.75) is 50.6 Å². The summed E-state index contributed by atoms with van der Waals surface area (Å²) in [5.74, 6) is 1.65. The second-order valence-corrected chi connectivity index (χ2v) is 6.59. The van der Waals surface area contributed by atoms with E-state index in [9.17, 15) is 4.79 Å². The van der Waals surface area contributed by atoms with Crippen molar-refractivity contribution < 1.29 is 9.53 Å². The lowest BCUT2D eigenvalue weighted by Gasteiger charge is -2.28. The minimum atomic E-state index is 0. The third-order valence-corrected chi connectivity index (χ3v) is 4.95. The molecule has 3 rings (SSSR count). The number of benzene rings is 1. The molecule has 2 unspecified atom stereocenters. The highest BCUT2D eigenvalue weighted by atomic mass is 35.5. The fourth-order valence-electron chi connectivity index (χ4n) is 3.92. The zero-order valence-electron chi connectivity index (χ0n) is 13.7. The average molecular weight is 339 g/mol. The van der Waals surface area contributed by atoms with Crippen LogP contribution < -0.4 is 15.4 Å². The van der Waals surface area contributed by atoms with Crippen LogP contribution in [0.2, 0.25) is 0 Å². The van der Waals surface area contributed by atoms with Crippen LogP contribution in [0.3, 0.4) is 0 Å². The molecule has 2 saturated heterocycles. The van der Waals surface area contributed by atoms with E-state index in [2.05, 4.69) is 16.7 Å². The van der Waals surface area contributed by atoms with Crippen molar-refractivity contribution in [1.29, 1.82) is 0 Å². The molecule has 4 nitrogen and oxygen atoms in total. The van der Waals surface area contributed by atoms with E-state index in [0.29, 0.717) is 31.0 Å².